The Balaban J connectivity index is 2.44. The molecule has 8 nitrogen and oxygen atoms in total. The fourth-order valence-electron chi connectivity index (χ4n) is 2.08. The molecule has 0 saturated carbocycles. The van der Waals surface area contributed by atoms with E-state index in [0.717, 1.165) is 12.1 Å². The van der Waals surface area contributed by atoms with E-state index < -0.39 is 40.8 Å². The van der Waals surface area contributed by atoms with Crippen molar-refractivity contribution in [2.45, 2.75) is 32.9 Å². The van der Waals surface area contributed by atoms with Crippen LogP contribution in [0.4, 0.5) is 24.5 Å². The molecular weight excluding hydrogens is 383 g/mol. The van der Waals surface area contributed by atoms with E-state index in [9.17, 15) is 32.9 Å². The first-order valence-electron chi connectivity index (χ1n) is 8.52. The number of carbonyl (C=O) groups excluding carboxylic acids is 2. The van der Waals surface area contributed by atoms with Gasteiger partial charge in [0.25, 0.3) is 11.6 Å². The van der Waals surface area contributed by atoms with Crippen LogP contribution in [0.3, 0.4) is 0 Å². The summed E-state index contributed by atoms with van der Waals surface area (Å²) >= 11 is 0. The molecule has 0 bridgehead atoms. The zero-order valence-corrected chi connectivity index (χ0v) is 15.5. The van der Waals surface area contributed by atoms with Gasteiger partial charge in [-0.2, -0.15) is 13.2 Å². The van der Waals surface area contributed by atoms with Gasteiger partial charge in [-0.05, 0) is 24.5 Å². The van der Waals surface area contributed by atoms with Crippen LogP contribution in [0.25, 0.3) is 0 Å². The SMILES string of the molecule is CC(C)CCC(=O)OCC(=O)NCCNc1ccc(C(F)(F)F)cc1[N+](=O)[O-]. The number of carbonyl (C=O) groups is 2. The van der Waals surface area contributed by atoms with Gasteiger partial charge < -0.3 is 15.4 Å². The lowest BCUT2D eigenvalue weighted by atomic mass is 10.1. The third-order valence-electron chi connectivity index (χ3n) is 3.57. The average molecular weight is 405 g/mol. The molecule has 0 unspecified atom stereocenters. The largest absolute Gasteiger partial charge is 0.456 e. The van der Waals surface area contributed by atoms with Crippen molar-refractivity contribution in [2.24, 2.45) is 5.92 Å². The molecule has 0 aliphatic rings. The first-order chi connectivity index (χ1) is 13.0. The monoisotopic (exact) mass is 405 g/mol. The molecule has 11 heteroatoms. The van der Waals surface area contributed by atoms with Crippen LogP contribution in [0.2, 0.25) is 0 Å². The topological polar surface area (TPSA) is 111 Å². The van der Waals surface area contributed by atoms with Crippen LogP contribution < -0.4 is 10.6 Å². The minimum absolute atomic E-state index is 0.0270. The summed E-state index contributed by atoms with van der Waals surface area (Å²) in [7, 11) is 0. The molecule has 0 fully saturated rings. The van der Waals surface area contributed by atoms with Crippen molar-refractivity contribution in [3.05, 3.63) is 33.9 Å². The van der Waals surface area contributed by atoms with Gasteiger partial charge in [-0.1, -0.05) is 13.8 Å². The summed E-state index contributed by atoms with van der Waals surface area (Å²) in [6.07, 6.45) is -3.83. The predicted octanol–water partition coefficient (Wildman–Crippen LogP) is 3.12. The Bertz CT molecular complexity index is 708. The number of anilines is 1. The molecule has 0 aliphatic carbocycles. The molecule has 156 valence electrons. The molecular formula is C17H22F3N3O5. The number of nitro groups is 1. The van der Waals surface area contributed by atoms with E-state index in [0.29, 0.717) is 18.4 Å². The van der Waals surface area contributed by atoms with E-state index in [1.54, 1.807) is 0 Å². The fourth-order valence-corrected chi connectivity index (χ4v) is 2.08. The second-order valence-corrected chi connectivity index (χ2v) is 6.36. The number of ether oxygens (including phenoxy) is 1. The maximum Gasteiger partial charge on any atom is 0.416 e. The van der Waals surface area contributed by atoms with E-state index in [4.69, 9.17) is 4.74 Å². The lowest BCUT2D eigenvalue weighted by Gasteiger charge is -2.11. The number of hydrogen-bond acceptors (Lipinski definition) is 6. The van der Waals surface area contributed by atoms with Gasteiger partial charge in [0.15, 0.2) is 6.61 Å². The number of nitrogens with one attached hydrogen (secondary N) is 2. The van der Waals surface area contributed by atoms with Crippen LogP contribution in [0, 0.1) is 16.0 Å². The van der Waals surface area contributed by atoms with Gasteiger partial charge in [0.2, 0.25) is 0 Å². The summed E-state index contributed by atoms with van der Waals surface area (Å²) in [5.41, 5.74) is -1.95. The summed E-state index contributed by atoms with van der Waals surface area (Å²) in [6, 6.07) is 2.13. The lowest BCUT2D eigenvalue weighted by molar-refractivity contribution is -0.384. The van der Waals surface area contributed by atoms with Crippen LogP contribution >= 0.6 is 0 Å². The molecule has 0 saturated heterocycles. The van der Waals surface area contributed by atoms with Crippen molar-refractivity contribution < 1.29 is 32.4 Å². The zero-order chi connectivity index (χ0) is 21.3. The lowest BCUT2D eigenvalue weighted by Crippen LogP contribution is -2.32. The highest BCUT2D eigenvalue weighted by Gasteiger charge is 2.33. The Labute approximate surface area is 159 Å². The number of amides is 1. The van der Waals surface area contributed by atoms with Crippen LogP contribution in [0.5, 0.6) is 0 Å². The standard InChI is InChI=1S/C17H22F3N3O5/c1-11(2)3-6-16(25)28-10-15(24)22-8-7-21-13-5-4-12(17(18,19)20)9-14(13)23(26)27/h4-5,9,11,21H,3,6-8,10H2,1-2H3,(H,22,24). The molecule has 0 spiro atoms. The normalized spacial score (nSPS) is 11.2. The smallest absolute Gasteiger partial charge is 0.416 e. The first-order valence-corrected chi connectivity index (χ1v) is 8.52. The third kappa shape index (κ3) is 8.23. The number of esters is 1. The Kier molecular flexibility index (Phi) is 8.68. The summed E-state index contributed by atoms with van der Waals surface area (Å²) in [6.45, 7) is 3.51. The van der Waals surface area contributed by atoms with Crippen molar-refractivity contribution in [3.63, 3.8) is 0 Å². The van der Waals surface area contributed by atoms with E-state index in [-0.39, 0.29) is 25.2 Å². The summed E-state index contributed by atoms with van der Waals surface area (Å²) < 4.78 is 42.7. The van der Waals surface area contributed by atoms with E-state index in [2.05, 4.69) is 10.6 Å². The van der Waals surface area contributed by atoms with Gasteiger partial charge >= 0.3 is 12.1 Å². The molecule has 1 aromatic carbocycles. The second-order valence-electron chi connectivity index (χ2n) is 6.36. The molecule has 1 rings (SSSR count). The van der Waals surface area contributed by atoms with Crippen LogP contribution in [0.15, 0.2) is 18.2 Å². The van der Waals surface area contributed by atoms with E-state index in [1.165, 1.54) is 0 Å². The molecule has 0 heterocycles. The number of benzene rings is 1. The molecule has 0 radical (unpaired) electrons. The van der Waals surface area contributed by atoms with Crippen molar-refractivity contribution >= 4 is 23.3 Å². The van der Waals surface area contributed by atoms with Gasteiger partial charge in [-0.25, -0.2) is 0 Å². The van der Waals surface area contributed by atoms with Gasteiger partial charge in [0.05, 0.1) is 10.5 Å². The van der Waals surface area contributed by atoms with Crippen LogP contribution in [-0.2, 0) is 20.5 Å². The summed E-state index contributed by atoms with van der Waals surface area (Å²) in [5.74, 6) is -0.703. The Morgan fingerprint density at radius 1 is 1.25 bits per heavy atom. The molecule has 1 amide bonds. The predicted molar refractivity (Wildman–Crippen MR) is 94.6 cm³/mol. The zero-order valence-electron chi connectivity index (χ0n) is 15.5. The second kappa shape index (κ2) is 10.5. The van der Waals surface area contributed by atoms with Gasteiger partial charge in [-0.15, -0.1) is 0 Å². The average Bonchev–Trinajstić information content (AvgIpc) is 2.60. The van der Waals surface area contributed by atoms with Crippen LogP contribution in [-0.4, -0.2) is 36.5 Å². The number of alkyl halides is 3. The van der Waals surface area contributed by atoms with E-state index >= 15 is 0 Å². The van der Waals surface area contributed by atoms with Crippen LogP contribution in [0.1, 0.15) is 32.3 Å². The summed E-state index contributed by atoms with van der Waals surface area (Å²) in [4.78, 5) is 33.0. The van der Waals surface area contributed by atoms with Crippen molar-refractivity contribution in [1.82, 2.24) is 5.32 Å². The van der Waals surface area contributed by atoms with Gasteiger partial charge in [-0.3, -0.25) is 19.7 Å². The molecule has 28 heavy (non-hydrogen) atoms. The molecule has 0 aliphatic heterocycles. The molecule has 1 aromatic rings. The number of hydrogen-bond donors (Lipinski definition) is 2. The molecule has 0 atom stereocenters. The highest BCUT2D eigenvalue weighted by atomic mass is 19.4. The fraction of sp³-hybridized carbons (Fsp3) is 0.529. The number of nitrogens with zero attached hydrogens (tertiary/aromatic N) is 1. The maximum absolute atomic E-state index is 12.6. The van der Waals surface area contributed by atoms with E-state index in [1.807, 2.05) is 13.8 Å². The first kappa shape index (κ1) is 23.2. The Hall–Kier alpha value is -2.85. The Morgan fingerprint density at radius 3 is 2.50 bits per heavy atom. The van der Waals surface area contributed by atoms with Gasteiger partial charge in [0.1, 0.15) is 5.69 Å². The van der Waals surface area contributed by atoms with Gasteiger partial charge in [0, 0.05) is 25.6 Å². The minimum atomic E-state index is -4.69. The number of rotatable bonds is 10. The Morgan fingerprint density at radius 2 is 1.93 bits per heavy atom. The summed E-state index contributed by atoms with van der Waals surface area (Å²) in [5, 5.41) is 16.0. The molecule has 0 aromatic heterocycles. The number of nitro benzene ring substituents is 1. The van der Waals surface area contributed by atoms with Crippen molar-refractivity contribution in [1.29, 1.82) is 0 Å². The maximum atomic E-state index is 12.6. The van der Waals surface area contributed by atoms with Crippen molar-refractivity contribution in [3.8, 4) is 0 Å². The molecule has 2 N–H and O–H groups in total. The number of halogens is 3. The highest BCUT2D eigenvalue weighted by Crippen LogP contribution is 2.34. The van der Waals surface area contributed by atoms with Crippen molar-refractivity contribution in [2.75, 3.05) is 25.0 Å². The minimum Gasteiger partial charge on any atom is -0.456 e. The quantitative estimate of drug-likeness (QED) is 0.268. The highest BCUT2D eigenvalue weighted by molar-refractivity contribution is 5.80. The third-order valence-corrected chi connectivity index (χ3v) is 3.57.